The molecule has 0 bridgehead atoms. The lowest BCUT2D eigenvalue weighted by Crippen LogP contribution is -2.41. The molecular weight excluding hydrogens is 228 g/mol. The van der Waals surface area contributed by atoms with E-state index in [4.69, 9.17) is 4.74 Å². The van der Waals surface area contributed by atoms with E-state index in [9.17, 15) is 4.79 Å². The molecule has 1 aliphatic carbocycles. The van der Waals surface area contributed by atoms with Gasteiger partial charge in [-0.15, -0.1) is 0 Å². The predicted octanol–water partition coefficient (Wildman–Crippen LogP) is 2.22. The average Bonchev–Trinajstić information content (AvgIpc) is 3.13. The van der Waals surface area contributed by atoms with Crippen LogP contribution in [0.2, 0.25) is 0 Å². The molecule has 18 heavy (non-hydrogen) atoms. The van der Waals surface area contributed by atoms with Crippen molar-refractivity contribution in [2.75, 3.05) is 6.54 Å². The topological polar surface area (TPSA) is 50.4 Å². The summed E-state index contributed by atoms with van der Waals surface area (Å²) in [6.07, 6.45) is 2.16. The Balaban J connectivity index is 1.69. The number of amides is 2. The van der Waals surface area contributed by atoms with Gasteiger partial charge in [-0.25, -0.2) is 4.79 Å². The number of benzene rings is 1. The van der Waals surface area contributed by atoms with Crippen LogP contribution >= 0.6 is 0 Å². The van der Waals surface area contributed by atoms with Crippen LogP contribution < -0.4 is 15.4 Å². The van der Waals surface area contributed by atoms with Crippen molar-refractivity contribution in [2.45, 2.75) is 38.8 Å². The minimum Gasteiger partial charge on any atom is -0.489 e. The van der Waals surface area contributed by atoms with E-state index in [1.807, 2.05) is 38.1 Å². The van der Waals surface area contributed by atoms with Gasteiger partial charge >= 0.3 is 6.03 Å². The molecule has 0 aromatic heterocycles. The van der Waals surface area contributed by atoms with Crippen LogP contribution in [0, 0.1) is 6.92 Å². The van der Waals surface area contributed by atoms with Crippen LogP contribution in [-0.2, 0) is 0 Å². The second kappa shape index (κ2) is 5.76. The first-order valence-electron chi connectivity index (χ1n) is 6.41. The maximum atomic E-state index is 11.4. The summed E-state index contributed by atoms with van der Waals surface area (Å²) in [6, 6.07) is 8.19. The normalized spacial score (nSPS) is 15.9. The zero-order valence-corrected chi connectivity index (χ0v) is 10.9. The zero-order chi connectivity index (χ0) is 13.0. The Labute approximate surface area is 108 Å². The van der Waals surface area contributed by atoms with Crippen LogP contribution in [0.5, 0.6) is 5.75 Å². The molecule has 0 saturated heterocycles. The second-order valence-corrected chi connectivity index (χ2v) is 4.87. The van der Waals surface area contributed by atoms with Gasteiger partial charge in [0.1, 0.15) is 11.9 Å². The van der Waals surface area contributed by atoms with Crippen LogP contribution in [-0.4, -0.2) is 24.7 Å². The van der Waals surface area contributed by atoms with Crippen LogP contribution in [0.1, 0.15) is 25.3 Å². The summed E-state index contributed by atoms with van der Waals surface area (Å²) in [5, 5.41) is 5.69. The van der Waals surface area contributed by atoms with Crippen LogP contribution in [0.3, 0.4) is 0 Å². The number of hydrogen-bond acceptors (Lipinski definition) is 2. The summed E-state index contributed by atoms with van der Waals surface area (Å²) in [5.41, 5.74) is 1.21. The van der Waals surface area contributed by atoms with Crippen LogP contribution in [0.25, 0.3) is 0 Å². The number of ether oxygens (including phenoxy) is 1. The molecule has 0 aliphatic heterocycles. The standard InChI is InChI=1S/C14H20N2O2/c1-10-3-7-13(8-4-10)18-11(2)9-15-14(17)16-12-5-6-12/h3-4,7-8,11-12H,5-6,9H2,1-2H3,(H2,15,16,17)/t11-/m1/s1. The molecule has 1 aliphatic rings. The van der Waals surface area contributed by atoms with E-state index in [1.165, 1.54) is 5.56 Å². The van der Waals surface area contributed by atoms with Gasteiger partial charge in [0.05, 0.1) is 6.54 Å². The van der Waals surface area contributed by atoms with Gasteiger partial charge in [0.15, 0.2) is 0 Å². The van der Waals surface area contributed by atoms with Crippen molar-refractivity contribution < 1.29 is 9.53 Å². The summed E-state index contributed by atoms with van der Waals surface area (Å²) in [7, 11) is 0. The molecule has 2 N–H and O–H groups in total. The lowest BCUT2D eigenvalue weighted by atomic mass is 10.2. The number of hydrogen-bond donors (Lipinski definition) is 2. The molecule has 2 rings (SSSR count). The number of aryl methyl sites for hydroxylation is 1. The van der Waals surface area contributed by atoms with Crippen molar-refractivity contribution in [2.24, 2.45) is 0 Å². The Kier molecular flexibility index (Phi) is 4.07. The van der Waals surface area contributed by atoms with E-state index in [0.29, 0.717) is 12.6 Å². The van der Waals surface area contributed by atoms with Crippen LogP contribution in [0.4, 0.5) is 4.79 Å². The van der Waals surface area contributed by atoms with Crippen molar-refractivity contribution in [3.05, 3.63) is 29.8 Å². The van der Waals surface area contributed by atoms with Crippen LogP contribution in [0.15, 0.2) is 24.3 Å². The Morgan fingerprint density at radius 1 is 1.39 bits per heavy atom. The van der Waals surface area contributed by atoms with E-state index in [2.05, 4.69) is 10.6 Å². The highest BCUT2D eigenvalue weighted by Gasteiger charge is 2.23. The summed E-state index contributed by atoms with van der Waals surface area (Å²) in [6.45, 7) is 4.49. The predicted molar refractivity (Wildman–Crippen MR) is 70.8 cm³/mol. The highest BCUT2D eigenvalue weighted by molar-refractivity contribution is 5.74. The van der Waals surface area contributed by atoms with Gasteiger partial charge in [-0.1, -0.05) is 17.7 Å². The van der Waals surface area contributed by atoms with Crippen molar-refractivity contribution >= 4 is 6.03 Å². The molecule has 2 amide bonds. The Morgan fingerprint density at radius 3 is 2.67 bits per heavy atom. The first-order valence-corrected chi connectivity index (χ1v) is 6.41. The van der Waals surface area contributed by atoms with Gasteiger partial charge in [-0.3, -0.25) is 0 Å². The fourth-order valence-electron chi connectivity index (χ4n) is 1.59. The fourth-order valence-corrected chi connectivity index (χ4v) is 1.59. The lowest BCUT2D eigenvalue weighted by molar-refractivity contribution is 0.207. The number of nitrogens with one attached hydrogen (secondary N) is 2. The van der Waals surface area contributed by atoms with Gasteiger partial charge in [0.2, 0.25) is 0 Å². The number of carbonyl (C=O) groups is 1. The van der Waals surface area contributed by atoms with E-state index < -0.39 is 0 Å². The fraction of sp³-hybridized carbons (Fsp3) is 0.500. The Bertz CT molecular complexity index is 399. The van der Waals surface area contributed by atoms with Gasteiger partial charge in [-0.2, -0.15) is 0 Å². The molecular formula is C14H20N2O2. The molecule has 0 heterocycles. The van der Waals surface area contributed by atoms with Gasteiger partial charge in [0.25, 0.3) is 0 Å². The van der Waals surface area contributed by atoms with Crippen molar-refractivity contribution in [1.82, 2.24) is 10.6 Å². The number of rotatable bonds is 5. The largest absolute Gasteiger partial charge is 0.489 e. The molecule has 0 radical (unpaired) electrons. The van der Waals surface area contributed by atoms with Gasteiger partial charge in [-0.05, 0) is 38.8 Å². The third kappa shape index (κ3) is 4.28. The highest BCUT2D eigenvalue weighted by atomic mass is 16.5. The molecule has 4 heteroatoms. The average molecular weight is 248 g/mol. The summed E-state index contributed by atoms with van der Waals surface area (Å²) >= 11 is 0. The third-order valence-electron chi connectivity index (χ3n) is 2.82. The van der Waals surface area contributed by atoms with E-state index in [-0.39, 0.29) is 12.1 Å². The molecule has 1 atom stereocenters. The zero-order valence-electron chi connectivity index (χ0n) is 10.9. The summed E-state index contributed by atoms with van der Waals surface area (Å²) in [5.74, 6) is 0.831. The van der Waals surface area contributed by atoms with Gasteiger partial charge < -0.3 is 15.4 Å². The minimum atomic E-state index is -0.100. The molecule has 1 aromatic carbocycles. The molecule has 0 unspecified atom stereocenters. The SMILES string of the molecule is Cc1ccc(O[C@H](C)CNC(=O)NC2CC2)cc1. The maximum absolute atomic E-state index is 11.4. The first kappa shape index (κ1) is 12.7. The molecule has 1 fully saturated rings. The lowest BCUT2D eigenvalue weighted by Gasteiger charge is -2.15. The smallest absolute Gasteiger partial charge is 0.315 e. The molecule has 0 spiro atoms. The first-order chi connectivity index (χ1) is 8.63. The van der Waals surface area contributed by atoms with E-state index in [0.717, 1.165) is 18.6 Å². The highest BCUT2D eigenvalue weighted by Crippen LogP contribution is 2.18. The molecule has 1 aromatic rings. The summed E-state index contributed by atoms with van der Waals surface area (Å²) < 4.78 is 5.70. The van der Waals surface area contributed by atoms with Crippen molar-refractivity contribution in [3.8, 4) is 5.75 Å². The quantitative estimate of drug-likeness (QED) is 0.839. The minimum absolute atomic E-state index is 0.0438. The maximum Gasteiger partial charge on any atom is 0.315 e. The third-order valence-corrected chi connectivity index (χ3v) is 2.82. The Hall–Kier alpha value is -1.71. The number of urea groups is 1. The van der Waals surface area contributed by atoms with E-state index in [1.54, 1.807) is 0 Å². The number of carbonyl (C=O) groups excluding carboxylic acids is 1. The van der Waals surface area contributed by atoms with E-state index >= 15 is 0 Å². The van der Waals surface area contributed by atoms with Gasteiger partial charge in [0, 0.05) is 6.04 Å². The second-order valence-electron chi connectivity index (χ2n) is 4.87. The molecule has 98 valence electrons. The monoisotopic (exact) mass is 248 g/mol. The summed E-state index contributed by atoms with van der Waals surface area (Å²) in [4.78, 5) is 11.4. The van der Waals surface area contributed by atoms with Crippen molar-refractivity contribution in [1.29, 1.82) is 0 Å². The molecule has 1 saturated carbocycles. The van der Waals surface area contributed by atoms with Crippen molar-refractivity contribution in [3.63, 3.8) is 0 Å². The molecule has 4 nitrogen and oxygen atoms in total. The Morgan fingerprint density at radius 2 is 2.06 bits per heavy atom.